The third kappa shape index (κ3) is 2.52. The Morgan fingerprint density at radius 1 is 1.24 bits per heavy atom. The van der Waals surface area contributed by atoms with Crippen molar-refractivity contribution in [2.75, 3.05) is 7.11 Å². The van der Waals surface area contributed by atoms with Crippen molar-refractivity contribution < 1.29 is 4.74 Å². The first-order valence-corrected chi connectivity index (χ1v) is 4.92. The van der Waals surface area contributed by atoms with Crippen LogP contribution in [0.4, 0.5) is 0 Å². The molecule has 0 fully saturated rings. The average molecular weight is 232 g/mol. The Morgan fingerprint density at radius 3 is 2.65 bits per heavy atom. The van der Waals surface area contributed by atoms with Crippen LogP contribution in [-0.2, 0) is 0 Å². The van der Waals surface area contributed by atoms with Gasteiger partial charge in [-0.25, -0.2) is 25.4 Å². The fourth-order valence-corrected chi connectivity index (χ4v) is 1.44. The zero-order valence-electron chi connectivity index (χ0n) is 9.24. The summed E-state index contributed by atoms with van der Waals surface area (Å²) in [6, 6.07) is 1.41. The van der Waals surface area contributed by atoms with Crippen LogP contribution in [-0.4, -0.2) is 27.0 Å². The second-order valence-corrected chi connectivity index (χ2v) is 3.26. The minimum Gasteiger partial charge on any atom is -0.481 e. The van der Waals surface area contributed by atoms with Crippen LogP contribution in [0, 0.1) is 0 Å². The standard InChI is InChI=1S/C10H12N6O/c1-17-9-2-8(14-6-15-9)10(16-11)7-3-12-5-13-4-7/h2-6,10,16H,11H2,1H3. The van der Waals surface area contributed by atoms with Crippen molar-refractivity contribution in [2.24, 2.45) is 5.84 Å². The Balaban J connectivity index is 2.35. The molecule has 17 heavy (non-hydrogen) atoms. The van der Waals surface area contributed by atoms with Gasteiger partial charge in [-0.2, -0.15) is 0 Å². The van der Waals surface area contributed by atoms with E-state index in [2.05, 4.69) is 25.4 Å². The summed E-state index contributed by atoms with van der Waals surface area (Å²) in [5.74, 6) is 6.00. The lowest BCUT2D eigenvalue weighted by Crippen LogP contribution is -2.29. The molecule has 0 saturated carbocycles. The molecule has 7 heteroatoms. The number of nitrogens with two attached hydrogens (primary N) is 1. The van der Waals surface area contributed by atoms with Crippen molar-refractivity contribution in [2.45, 2.75) is 6.04 Å². The van der Waals surface area contributed by atoms with Crippen LogP contribution in [0.3, 0.4) is 0 Å². The van der Waals surface area contributed by atoms with E-state index in [4.69, 9.17) is 10.6 Å². The first-order chi connectivity index (χ1) is 8.35. The molecule has 0 aliphatic carbocycles. The second-order valence-electron chi connectivity index (χ2n) is 3.26. The number of aromatic nitrogens is 4. The Kier molecular flexibility index (Phi) is 3.53. The van der Waals surface area contributed by atoms with E-state index in [9.17, 15) is 0 Å². The summed E-state index contributed by atoms with van der Waals surface area (Å²) < 4.78 is 5.03. The lowest BCUT2D eigenvalue weighted by Gasteiger charge is -2.14. The first kappa shape index (κ1) is 11.4. The Labute approximate surface area is 98.1 Å². The third-order valence-electron chi connectivity index (χ3n) is 2.25. The highest BCUT2D eigenvalue weighted by Gasteiger charge is 2.15. The van der Waals surface area contributed by atoms with Gasteiger partial charge in [0.05, 0.1) is 18.8 Å². The van der Waals surface area contributed by atoms with Crippen molar-refractivity contribution in [3.63, 3.8) is 0 Å². The number of ether oxygens (including phenoxy) is 1. The summed E-state index contributed by atoms with van der Waals surface area (Å²) in [6.07, 6.45) is 6.22. The molecule has 0 radical (unpaired) electrons. The molecule has 2 aromatic rings. The van der Waals surface area contributed by atoms with Gasteiger partial charge >= 0.3 is 0 Å². The molecule has 2 heterocycles. The van der Waals surface area contributed by atoms with E-state index >= 15 is 0 Å². The number of methoxy groups -OCH3 is 1. The molecule has 0 aliphatic rings. The maximum Gasteiger partial charge on any atom is 0.216 e. The lowest BCUT2D eigenvalue weighted by molar-refractivity contribution is 0.395. The summed E-state index contributed by atoms with van der Waals surface area (Å²) in [7, 11) is 1.54. The molecular weight excluding hydrogens is 220 g/mol. The molecule has 0 saturated heterocycles. The molecule has 88 valence electrons. The molecule has 7 nitrogen and oxygen atoms in total. The second kappa shape index (κ2) is 5.28. The normalized spacial score (nSPS) is 12.1. The lowest BCUT2D eigenvalue weighted by atomic mass is 10.1. The SMILES string of the molecule is COc1cc(C(NN)c2cncnc2)ncn1. The summed E-state index contributed by atoms with van der Waals surface area (Å²) in [6.45, 7) is 0. The predicted octanol–water partition coefficient (Wildman–Crippen LogP) is -0.172. The van der Waals surface area contributed by atoms with Gasteiger partial charge in [0.2, 0.25) is 5.88 Å². The van der Waals surface area contributed by atoms with Gasteiger partial charge in [0.15, 0.2) is 0 Å². The number of hydrogen-bond donors (Lipinski definition) is 2. The molecule has 0 aliphatic heterocycles. The fraction of sp³-hybridized carbons (Fsp3) is 0.200. The highest BCUT2D eigenvalue weighted by atomic mass is 16.5. The summed E-state index contributed by atoms with van der Waals surface area (Å²) in [5, 5.41) is 0. The Morgan fingerprint density at radius 2 is 2.00 bits per heavy atom. The van der Waals surface area contributed by atoms with Crippen molar-refractivity contribution in [1.82, 2.24) is 25.4 Å². The van der Waals surface area contributed by atoms with Gasteiger partial charge in [-0.1, -0.05) is 0 Å². The van der Waals surface area contributed by atoms with Crippen LogP contribution in [0.2, 0.25) is 0 Å². The Bertz CT molecular complexity index is 477. The molecule has 0 bridgehead atoms. The zero-order chi connectivity index (χ0) is 12.1. The quantitative estimate of drug-likeness (QED) is 0.557. The minimum atomic E-state index is -0.298. The molecule has 2 rings (SSSR count). The monoisotopic (exact) mass is 232 g/mol. The summed E-state index contributed by atoms with van der Waals surface area (Å²) in [5.41, 5.74) is 4.16. The van der Waals surface area contributed by atoms with Gasteiger partial charge in [-0.3, -0.25) is 5.84 Å². The molecule has 0 aromatic carbocycles. The van der Waals surface area contributed by atoms with Gasteiger partial charge in [0.25, 0.3) is 0 Å². The highest BCUT2D eigenvalue weighted by molar-refractivity contribution is 5.25. The van der Waals surface area contributed by atoms with E-state index < -0.39 is 0 Å². The van der Waals surface area contributed by atoms with Gasteiger partial charge in [0.1, 0.15) is 12.7 Å². The van der Waals surface area contributed by atoms with Crippen molar-refractivity contribution in [1.29, 1.82) is 0 Å². The van der Waals surface area contributed by atoms with Crippen LogP contribution in [0.5, 0.6) is 5.88 Å². The molecule has 1 atom stereocenters. The van der Waals surface area contributed by atoms with Crippen LogP contribution in [0.15, 0.2) is 31.1 Å². The molecule has 3 N–H and O–H groups in total. The zero-order valence-corrected chi connectivity index (χ0v) is 9.24. The van der Waals surface area contributed by atoms with E-state index in [0.717, 1.165) is 5.56 Å². The van der Waals surface area contributed by atoms with Crippen molar-refractivity contribution in [3.05, 3.63) is 42.4 Å². The van der Waals surface area contributed by atoms with Crippen molar-refractivity contribution in [3.8, 4) is 5.88 Å². The number of rotatable bonds is 4. The molecular formula is C10H12N6O. The number of nitrogens with zero attached hydrogens (tertiary/aromatic N) is 4. The highest BCUT2D eigenvalue weighted by Crippen LogP contribution is 2.19. The maximum absolute atomic E-state index is 5.52. The number of hydrazine groups is 1. The van der Waals surface area contributed by atoms with Gasteiger partial charge in [-0.15, -0.1) is 0 Å². The van der Waals surface area contributed by atoms with E-state index in [0.29, 0.717) is 11.6 Å². The van der Waals surface area contributed by atoms with E-state index in [1.54, 1.807) is 25.6 Å². The molecule has 0 amide bonds. The van der Waals surface area contributed by atoms with E-state index in [1.165, 1.54) is 12.7 Å². The average Bonchev–Trinajstić information content (AvgIpc) is 2.41. The molecule has 2 aromatic heterocycles. The summed E-state index contributed by atoms with van der Waals surface area (Å²) >= 11 is 0. The van der Waals surface area contributed by atoms with Crippen molar-refractivity contribution >= 4 is 0 Å². The fourth-order valence-electron chi connectivity index (χ4n) is 1.44. The predicted molar refractivity (Wildman–Crippen MR) is 59.8 cm³/mol. The smallest absolute Gasteiger partial charge is 0.216 e. The van der Waals surface area contributed by atoms with Crippen LogP contribution in [0.1, 0.15) is 17.3 Å². The molecule has 0 spiro atoms. The Hall–Kier alpha value is -2.12. The van der Waals surface area contributed by atoms with E-state index in [-0.39, 0.29) is 6.04 Å². The number of hydrogen-bond acceptors (Lipinski definition) is 7. The molecule has 1 unspecified atom stereocenters. The van der Waals surface area contributed by atoms with E-state index in [1.807, 2.05) is 0 Å². The minimum absolute atomic E-state index is 0.298. The van der Waals surface area contributed by atoms with Gasteiger partial charge in [0, 0.05) is 24.0 Å². The third-order valence-corrected chi connectivity index (χ3v) is 2.25. The first-order valence-electron chi connectivity index (χ1n) is 4.92. The maximum atomic E-state index is 5.52. The summed E-state index contributed by atoms with van der Waals surface area (Å²) in [4.78, 5) is 16.0. The van der Waals surface area contributed by atoms with Gasteiger partial charge in [-0.05, 0) is 0 Å². The largest absolute Gasteiger partial charge is 0.481 e. The van der Waals surface area contributed by atoms with Crippen LogP contribution < -0.4 is 16.0 Å². The van der Waals surface area contributed by atoms with Gasteiger partial charge < -0.3 is 4.74 Å². The topological polar surface area (TPSA) is 98.8 Å². The van der Waals surface area contributed by atoms with Crippen LogP contribution >= 0.6 is 0 Å². The number of nitrogens with one attached hydrogen (secondary N) is 1. The van der Waals surface area contributed by atoms with Crippen LogP contribution in [0.25, 0.3) is 0 Å².